The molecule has 6 heteroatoms. The van der Waals surface area contributed by atoms with E-state index in [0.29, 0.717) is 0 Å². The fourth-order valence-electron chi connectivity index (χ4n) is 1.07. The lowest BCUT2D eigenvalue weighted by atomic mass is 10.1. The van der Waals surface area contributed by atoms with Crippen LogP contribution in [0.4, 0.5) is 8.78 Å². The molecule has 0 spiro atoms. The van der Waals surface area contributed by atoms with E-state index in [1.165, 1.54) is 0 Å². The third kappa shape index (κ3) is 2.39. The molecule has 1 rings (SSSR count). The van der Waals surface area contributed by atoms with E-state index in [-0.39, 0.29) is 22.8 Å². The lowest BCUT2D eigenvalue weighted by Crippen LogP contribution is -2.01. The minimum atomic E-state index is -2.80. The van der Waals surface area contributed by atoms with Gasteiger partial charge in [-0.15, -0.1) is 0 Å². The number of rotatable bonds is 2. The maximum Gasteiger partial charge on any atom is 0.267 e. The molecule has 0 aliphatic heterocycles. The zero-order chi connectivity index (χ0) is 11.4. The van der Waals surface area contributed by atoms with E-state index in [1.807, 2.05) is 0 Å². The molecule has 0 fully saturated rings. The standard InChI is InChI=1S/C9H4ClF2N3/c10-6-3-5(4-14)15-7(1-2-13)8(6)9(11)12/h3,9H,1H2. The summed E-state index contributed by atoms with van der Waals surface area (Å²) in [6, 6.07) is 4.44. The van der Waals surface area contributed by atoms with Crippen molar-refractivity contribution in [1.29, 1.82) is 10.5 Å². The molecule has 0 atom stereocenters. The second kappa shape index (κ2) is 4.68. The van der Waals surface area contributed by atoms with Gasteiger partial charge in [0.1, 0.15) is 11.8 Å². The lowest BCUT2D eigenvalue weighted by Gasteiger charge is -2.07. The monoisotopic (exact) mass is 227 g/mol. The quantitative estimate of drug-likeness (QED) is 0.780. The van der Waals surface area contributed by atoms with Gasteiger partial charge in [0.25, 0.3) is 6.43 Å². The Kier molecular flexibility index (Phi) is 3.54. The van der Waals surface area contributed by atoms with E-state index in [4.69, 9.17) is 22.1 Å². The normalized spacial score (nSPS) is 9.73. The van der Waals surface area contributed by atoms with Crippen LogP contribution in [0.2, 0.25) is 5.02 Å². The number of nitrogens with zero attached hydrogens (tertiary/aromatic N) is 3. The summed E-state index contributed by atoms with van der Waals surface area (Å²) < 4.78 is 25.1. The molecule has 15 heavy (non-hydrogen) atoms. The van der Waals surface area contributed by atoms with E-state index < -0.39 is 12.0 Å². The van der Waals surface area contributed by atoms with Gasteiger partial charge in [0.05, 0.1) is 28.8 Å². The average molecular weight is 228 g/mol. The number of alkyl halides is 2. The highest BCUT2D eigenvalue weighted by Crippen LogP contribution is 2.30. The van der Waals surface area contributed by atoms with Crippen LogP contribution in [-0.4, -0.2) is 4.98 Å². The molecule has 0 N–H and O–H groups in total. The topological polar surface area (TPSA) is 60.5 Å². The van der Waals surface area contributed by atoms with Crippen LogP contribution in [0.3, 0.4) is 0 Å². The van der Waals surface area contributed by atoms with E-state index in [2.05, 4.69) is 4.98 Å². The minimum Gasteiger partial charge on any atom is -0.240 e. The number of hydrogen-bond donors (Lipinski definition) is 0. The first kappa shape index (κ1) is 11.4. The molecule has 0 aliphatic carbocycles. The molecule has 0 unspecified atom stereocenters. The van der Waals surface area contributed by atoms with Crippen molar-refractivity contribution in [3.05, 3.63) is 28.0 Å². The van der Waals surface area contributed by atoms with Crippen LogP contribution in [-0.2, 0) is 6.42 Å². The summed E-state index contributed by atoms with van der Waals surface area (Å²) in [6.07, 6.45) is -3.10. The van der Waals surface area contributed by atoms with E-state index >= 15 is 0 Å². The van der Waals surface area contributed by atoms with Gasteiger partial charge >= 0.3 is 0 Å². The van der Waals surface area contributed by atoms with Gasteiger partial charge in [0.15, 0.2) is 0 Å². The average Bonchev–Trinajstić information content (AvgIpc) is 2.16. The summed E-state index contributed by atoms with van der Waals surface area (Å²) in [6.45, 7) is 0. The van der Waals surface area contributed by atoms with Crippen molar-refractivity contribution >= 4 is 11.6 Å². The van der Waals surface area contributed by atoms with Crippen LogP contribution >= 0.6 is 11.6 Å². The van der Waals surface area contributed by atoms with Crippen molar-refractivity contribution in [3.8, 4) is 12.1 Å². The summed E-state index contributed by atoms with van der Waals surface area (Å²) in [5.41, 5.74) is -0.691. The Morgan fingerprint density at radius 2 is 2.13 bits per heavy atom. The Bertz CT molecular complexity index is 460. The van der Waals surface area contributed by atoms with Crippen LogP contribution < -0.4 is 0 Å². The van der Waals surface area contributed by atoms with Crippen molar-refractivity contribution in [2.24, 2.45) is 0 Å². The highest BCUT2D eigenvalue weighted by Gasteiger charge is 2.19. The Morgan fingerprint density at radius 1 is 1.47 bits per heavy atom. The third-order valence-corrected chi connectivity index (χ3v) is 1.98. The number of nitriles is 2. The van der Waals surface area contributed by atoms with Gasteiger partial charge in [0.2, 0.25) is 0 Å². The predicted octanol–water partition coefficient (Wildman–Crippen LogP) is 2.61. The maximum atomic E-state index is 12.5. The van der Waals surface area contributed by atoms with E-state index in [1.54, 1.807) is 12.1 Å². The number of pyridine rings is 1. The molecule has 1 heterocycles. The molecule has 0 saturated heterocycles. The smallest absolute Gasteiger partial charge is 0.240 e. The largest absolute Gasteiger partial charge is 0.267 e. The SMILES string of the molecule is N#CCc1nc(C#N)cc(Cl)c1C(F)F. The van der Waals surface area contributed by atoms with Crippen molar-refractivity contribution in [1.82, 2.24) is 4.98 Å². The van der Waals surface area contributed by atoms with Crippen LogP contribution in [0.5, 0.6) is 0 Å². The molecule has 3 nitrogen and oxygen atoms in total. The van der Waals surface area contributed by atoms with Crippen molar-refractivity contribution in [3.63, 3.8) is 0 Å². The predicted molar refractivity (Wildman–Crippen MR) is 48.2 cm³/mol. The maximum absolute atomic E-state index is 12.5. The molecule has 0 bridgehead atoms. The van der Waals surface area contributed by atoms with Gasteiger partial charge in [-0.05, 0) is 6.07 Å². The van der Waals surface area contributed by atoms with E-state index in [9.17, 15) is 8.78 Å². The summed E-state index contributed by atoms with van der Waals surface area (Å²) in [5.74, 6) is 0. The highest BCUT2D eigenvalue weighted by molar-refractivity contribution is 6.31. The molecule has 76 valence electrons. The molecule has 1 aromatic rings. The Hall–Kier alpha value is -1.72. The van der Waals surface area contributed by atoms with E-state index in [0.717, 1.165) is 6.07 Å². The molecular weight excluding hydrogens is 224 g/mol. The fourth-order valence-corrected chi connectivity index (χ4v) is 1.37. The Morgan fingerprint density at radius 3 is 2.60 bits per heavy atom. The first-order chi connectivity index (χ1) is 7.10. The zero-order valence-electron chi connectivity index (χ0n) is 7.34. The zero-order valence-corrected chi connectivity index (χ0v) is 8.09. The summed E-state index contributed by atoms with van der Waals surface area (Å²) in [7, 11) is 0. The van der Waals surface area contributed by atoms with Gasteiger partial charge in [-0.3, -0.25) is 0 Å². The molecule has 0 aromatic carbocycles. The van der Waals surface area contributed by atoms with Crippen molar-refractivity contribution in [2.75, 3.05) is 0 Å². The highest BCUT2D eigenvalue weighted by atomic mass is 35.5. The molecule has 1 aromatic heterocycles. The minimum absolute atomic E-state index is 0.0744. The van der Waals surface area contributed by atoms with Gasteiger partial charge in [-0.25, -0.2) is 13.8 Å². The number of hydrogen-bond acceptors (Lipinski definition) is 3. The van der Waals surface area contributed by atoms with Crippen LogP contribution in [0.15, 0.2) is 6.07 Å². The fraction of sp³-hybridized carbons (Fsp3) is 0.222. The molecule has 0 saturated carbocycles. The number of aromatic nitrogens is 1. The van der Waals surface area contributed by atoms with Crippen molar-refractivity contribution in [2.45, 2.75) is 12.8 Å². The molecular formula is C9H4ClF2N3. The Balaban J connectivity index is 3.38. The summed E-state index contributed by atoms with van der Waals surface area (Å²) in [5, 5.41) is 16.7. The first-order valence-corrected chi connectivity index (χ1v) is 4.22. The van der Waals surface area contributed by atoms with Crippen LogP contribution in [0.25, 0.3) is 0 Å². The lowest BCUT2D eigenvalue weighted by molar-refractivity contribution is 0.150. The Labute approximate surface area is 89.5 Å². The summed E-state index contributed by atoms with van der Waals surface area (Å²) >= 11 is 5.56. The first-order valence-electron chi connectivity index (χ1n) is 3.84. The van der Waals surface area contributed by atoms with Crippen LogP contribution in [0.1, 0.15) is 23.4 Å². The molecule has 0 amide bonds. The number of halogens is 3. The van der Waals surface area contributed by atoms with Gasteiger partial charge in [0, 0.05) is 0 Å². The second-order valence-corrected chi connectivity index (χ2v) is 3.00. The molecule has 0 aliphatic rings. The molecule has 0 radical (unpaired) electrons. The van der Waals surface area contributed by atoms with Gasteiger partial charge in [-0.2, -0.15) is 10.5 Å². The van der Waals surface area contributed by atoms with Crippen LogP contribution in [0, 0.1) is 22.7 Å². The second-order valence-electron chi connectivity index (χ2n) is 2.60. The van der Waals surface area contributed by atoms with Gasteiger partial charge < -0.3 is 0 Å². The summed E-state index contributed by atoms with van der Waals surface area (Å²) in [4.78, 5) is 3.61. The van der Waals surface area contributed by atoms with Crippen molar-refractivity contribution < 1.29 is 8.78 Å². The van der Waals surface area contributed by atoms with Gasteiger partial charge in [-0.1, -0.05) is 11.6 Å². The third-order valence-electron chi connectivity index (χ3n) is 1.67.